The highest BCUT2D eigenvalue weighted by atomic mass is 32.1. The van der Waals surface area contributed by atoms with Gasteiger partial charge in [-0.25, -0.2) is 4.98 Å². The monoisotopic (exact) mass is 536 g/mol. The van der Waals surface area contributed by atoms with Crippen LogP contribution in [0.25, 0.3) is 6.08 Å². The molecule has 9 heteroatoms. The van der Waals surface area contributed by atoms with Gasteiger partial charge in [0.15, 0.2) is 0 Å². The number of carbonyl (C=O) groups excluding carboxylic acids is 2. The summed E-state index contributed by atoms with van der Waals surface area (Å²) in [6.45, 7) is 11.4. The van der Waals surface area contributed by atoms with E-state index in [1.165, 1.54) is 0 Å². The molecule has 2 saturated heterocycles. The average Bonchev–Trinajstić information content (AvgIpc) is 3.29. The molecule has 0 radical (unpaired) electrons. The minimum absolute atomic E-state index is 0.0559. The molecule has 37 heavy (non-hydrogen) atoms. The predicted molar refractivity (Wildman–Crippen MR) is 144 cm³/mol. The third-order valence-electron chi connectivity index (χ3n) is 8.31. The van der Waals surface area contributed by atoms with Crippen molar-refractivity contribution in [1.29, 1.82) is 0 Å². The molecule has 208 valence electrons. The Balaban J connectivity index is 1.88. The number of aliphatic hydroxyl groups excluding tert-OH is 3. The maximum atomic E-state index is 13.3. The topological polar surface area (TPSA) is 120 Å². The van der Waals surface area contributed by atoms with E-state index >= 15 is 0 Å². The van der Waals surface area contributed by atoms with E-state index in [1.807, 2.05) is 32.2 Å². The second kappa shape index (κ2) is 12.5. The Morgan fingerprint density at radius 1 is 1.24 bits per heavy atom. The SMILES string of the molecule is C/C(=C\c1csc(C)n1)C1CC2C(CCCC(C)[C@H](O)C(C)C(=O)C(C)(C)C(O)CC(=O)O1)N2CCO. The van der Waals surface area contributed by atoms with Crippen molar-refractivity contribution in [2.24, 2.45) is 17.3 Å². The summed E-state index contributed by atoms with van der Waals surface area (Å²) in [5.74, 6) is -1.57. The summed E-state index contributed by atoms with van der Waals surface area (Å²) in [5.41, 5.74) is 0.467. The van der Waals surface area contributed by atoms with Crippen molar-refractivity contribution in [3.8, 4) is 0 Å². The number of hydrogen-bond donors (Lipinski definition) is 3. The van der Waals surface area contributed by atoms with Crippen LogP contribution in [0.1, 0.15) is 77.4 Å². The Bertz CT molecular complexity index is 976. The van der Waals surface area contributed by atoms with E-state index in [4.69, 9.17) is 4.74 Å². The Morgan fingerprint density at radius 2 is 1.95 bits per heavy atom. The Labute approximate surface area is 224 Å². The average molecular weight is 537 g/mol. The van der Waals surface area contributed by atoms with Crippen molar-refractivity contribution in [3.63, 3.8) is 0 Å². The minimum atomic E-state index is -1.24. The molecule has 3 N–H and O–H groups in total. The molecule has 0 aliphatic carbocycles. The lowest BCUT2D eigenvalue weighted by Gasteiger charge is -2.34. The van der Waals surface area contributed by atoms with E-state index in [-0.39, 0.29) is 36.8 Å². The summed E-state index contributed by atoms with van der Waals surface area (Å²) in [7, 11) is 0. The van der Waals surface area contributed by atoms with Crippen molar-refractivity contribution < 1.29 is 29.6 Å². The van der Waals surface area contributed by atoms with Gasteiger partial charge in [0.2, 0.25) is 0 Å². The first-order valence-electron chi connectivity index (χ1n) is 13.4. The molecule has 0 aromatic carbocycles. The summed E-state index contributed by atoms with van der Waals surface area (Å²) in [5, 5.41) is 34.3. The molecule has 1 aromatic rings. The van der Waals surface area contributed by atoms with Gasteiger partial charge < -0.3 is 20.1 Å². The Morgan fingerprint density at radius 3 is 2.57 bits per heavy atom. The number of fused-ring (bicyclic) bond motifs is 1. The van der Waals surface area contributed by atoms with Crippen LogP contribution in [0.5, 0.6) is 0 Å². The zero-order valence-corrected chi connectivity index (χ0v) is 23.8. The second-order valence-corrected chi connectivity index (χ2v) is 12.5. The van der Waals surface area contributed by atoms with E-state index in [1.54, 1.807) is 32.1 Å². The van der Waals surface area contributed by atoms with Crippen LogP contribution in [0.3, 0.4) is 0 Å². The first-order chi connectivity index (χ1) is 17.4. The maximum absolute atomic E-state index is 13.3. The van der Waals surface area contributed by atoms with E-state index < -0.39 is 35.6 Å². The molecule has 7 unspecified atom stereocenters. The molecule has 3 heterocycles. The number of esters is 1. The molecule has 2 aliphatic rings. The van der Waals surface area contributed by atoms with E-state index in [0.29, 0.717) is 13.0 Å². The third-order valence-corrected chi connectivity index (χ3v) is 9.10. The first-order valence-corrected chi connectivity index (χ1v) is 14.3. The Kier molecular flexibility index (Phi) is 10.1. The normalized spacial score (nSPS) is 36.1. The zero-order valence-electron chi connectivity index (χ0n) is 23.0. The van der Waals surface area contributed by atoms with Crippen LogP contribution >= 0.6 is 11.3 Å². The molecule has 0 spiro atoms. The Hall–Kier alpha value is -1.65. The number of hydrogen-bond acceptors (Lipinski definition) is 9. The number of aryl methyl sites for hydroxylation is 1. The fourth-order valence-corrected chi connectivity index (χ4v) is 6.22. The van der Waals surface area contributed by atoms with Gasteiger partial charge in [-0.05, 0) is 44.3 Å². The molecule has 0 amide bonds. The van der Waals surface area contributed by atoms with Crippen LogP contribution in [0.4, 0.5) is 0 Å². The van der Waals surface area contributed by atoms with Crippen LogP contribution in [0, 0.1) is 24.2 Å². The number of β-amino-alcohol motifs (C(OH)–C–C–N with tert-alkyl or cyclic N) is 1. The predicted octanol–water partition coefficient (Wildman–Crippen LogP) is 3.37. The van der Waals surface area contributed by atoms with Gasteiger partial charge in [0.25, 0.3) is 0 Å². The first kappa shape index (κ1) is 29.9. The van der Waals surface area contributed by atoms with Gasteiger partial charge in [0, 0.05) is 36.3 Å². The lowest BCUT2D eigenvalue weighted by molar-refractivity contribution is -0.154. The fourth-order valence-electron chi connectivity index (χ4n) is 5.65. The van der Waals surface area contributed by atoms with Crippen LogP contribution in [-0.2, 0) is 14.3 Å². The summed E-state index contributed by atoms with van der Waals surface area (Å²) < 4.78 is 5.94. The molecule has 1 aromatic heterocycles. The van der Waals surface area contributed by atoms with Crippen molar-refractivity contribution >= 4 is 29.2 Å². The number of ether oxygens (including phenoxy) is 1. The van der Waals surface area contributed by atoms with Gasteiger partial charge in [-0.15, -0.1) is 11.3 Å². The number of carbonyl (C=O) groups is 2. The highest BCUT2D eigenvalue weighted by Gasteiger charge is 2.48. The molecule has 2 aliphatic heterocycles. The van der Waals surface area contributed by atoms with Gasteiger partial charge in [0.05, 0.1) is 41.4 Å². The van der Waals surface area contributed by atoms with Crippen LogP contribution < -0.4 is 0 Å². The van der Waals surface area contributed by atoms with E-state index in [0.717, 1.165) is 35.5 Å². The fraction of sp³-hybridized carbons (Fsp3) is 0.750. The highest BCUT2D eigenvalue weighted by molar-refractivity contribution is 7.09. The quantitative estimate of drug-likeness (QED) is 0.396. The number of ketones is 1. The van der Waals surface area contributed by atoms with Crippen LogP contribution in [0.15, 0.2) is 11.0 Å². The second-order valence-electron chi connectivity index (χ2n) is 11.5. The van der Waals surface area contributed by atoms with Crippen molar-refractivity contribution in [3.05, 3.63) is 21.7 Å². The minimum Gasteiger partial charge on any atom is -0.458 e. The maximum Gasteiger partial charge on any atom is 0.309 e. The molecule has 2 fully saturated rings. The highest BCUT2D eigenvalue weighted by Crippen LogP contribution is 2.39. The largest absolute Gasteiger partial charge is 0.458 e. The molecule has 8 atom stereocenters. The van der Waals surface area contributed by atoms with Gasteiger partial charge in [0.1, 0.15) is 11.9 Å². The van der Waals surface area contributed by atoms with Gasteiger partial charge >= 0.3 is 5.97 Å². The van der Waals surface area contributed by atoms with Crippen molar-refractivity contribution in [1.82, 2.24) is 9.88 Å². The van der Waals surface area contributed by atoms with Crippen LogP contribution in [-0.4, -0.2) is 80.5 Å². The standard InChI is InChI=1S/C28H44N2O6S/c1-16-8-7-9-21-22(30(21)10-11-31)13-23(17(2)12-20-15-37-19(4)29-20)36-25(33)14-24(32)28(5,6)27(35)18(3)26(16)34/h12,15-16,18,21-24,26,31-32,34H,7-11,13-14H2,1-6H3/b17-12+/t16?,18?,21?,22?,23?,24?,26-,30?/m0/s1. The van der Waals surface area contributed by atoms with Crippen molar-refractivity contribution in [2.45, 2.75) is 104 Å². The molecular formula is C28H44N2O6S. The van der Waals surface area contributed by atoms with E-state index in [9.17, 15) is 24.9 Å². The number of aliphatic hydroxyl groups is 3. The number of cyclic esters (lactones) is 1. The lowest BCUT2D eigenvalue weighted by Crippen LogP contribution is -2.45. The summed E-state index contributed by atoms with van der Waals surface area (Å²) in [4.78, 5) is 33.1. The number of nitrogens with zero attached hydrogens (tertiary/aromatic N) is 2. The number of Topliss-reactive ketones (excluding diaryl/α,β-unsaturated/α-hetero) is 1. The number of rotatable bonds is 4. The van der Waals surface area contributed by atoms with Crippen molar-refractivity contribution in [2.75, 3.05) is 13.2 Å². The lowest BCUT2D eigenvalue weighted by atomic mass is 9.73. The summed E-state index contributed by atoms with van der Waals surface area (Å²) in [6, 6.07) is 0.434. The molecule has 3 rings (SSSR count). The molecule has 0 bridgehead atoms. The number of aromatic nitrogens is 1. The van der Waals surface area contributed by atoms with E-state index in [2.05, 4.69) is 9.88 Å². The summed E-state index contributed by atoms with van der Waals surface area (Å²) in [6.07, 6.45) is 2.19. The molecule has 8 nitrogen and oxygen atoms in total. The zero-order chi connectivity index (χ0) is 27.5. The number of thiazole rings is 1. The van der Waals surface area contributed by atoms with Crippen LogP contribution in [0.2, 0.25) is 0 Å². The van der Waals surface area contributed by atoms with Gasteiger partial charge in [-0.1, -0.05) is 34.1 Å². The molecule has 0 saturated carbocycles. The van der Waals surface area contributed by atoms with Gasteiger partial charge in [-0.2, -0.15) is 0 Å². The smallest absolute Gasteiger partial charge is 0.309 e. The summed E-state index contributed by atoms with van der Waals surface area (Å²) >= 11 is 1.55. The third kappa shape index (κ3) is 7.26. The van der Waals surface area contributed by atoms with Gasteiger partial charge in [-0.3, -0.25) is 14.5 Å². The molecular weight excluding hydrogens is 492 g/mol.